The Morgan fingerprint density at radius 2 is 2.29 bits per heavy atom. The molecule has 0 saturated heterocycles. The summed E-state index contributed by atoms with van der Waals surface area (Å²) in [6.07, 6.45) is 1.28. The number of ether oxygens (including phenoxy) is 1. The molecule has 6 heteroatoms. The van der Waals surface area contributed by atoms with Crippen molar-refractivity contribution in [1.29, 1.82) is 0 Å². The molecule has 0 aliphatic carbocycles. The van der Waals surface area contributed by atoms with E-state index in [0.717, 1.165) is 5.01 Å². The Hall–Kier alpha value is -1.56. The second-order valence-electron chi connectivity index (χ2n) is 2.32. The zero-order valence-corrected chi connectivity index (χ0v) is 8.16. The number of hydrogen-bond acceptors (Lipinski definition) is 5. The van der Waals surface area contributed by atoms with E-state index in [0.29, 0.717) is 0 Å². The lowest BCUT2D eigenvalue weighted by atomic mass is 10.5. The Balaban J connectivity index is 4.14. The van der Waals surface area contributed by atoms with Gasteiger partial charge in [0.05, 0.1) is 13.2 Å². The van der Waals surface area contributed by atoms with Crippen LogP contribution in [0.2, 0.25) is 0 Å². The van der Waals surface area contributed by atoms with Crippen LogP contribution in [0.25, 0.3) is 0 Å². The van der Waals surface area contributed by atoms with Crippen molar-refractivity contribution in [3.8, 4) is 0 Å². The van der Waals surface area contributed by atoms with Crippen LogP contribution in [0.4, 0.5) is 0 Å². The first-order chi connectivity index (χ1) is 6.65. The van der Waals surface area contributed by atoms with Crippen molar-refractivity contribution < 1.29 is 14.3 Å². The van der Waals surface area contributed by atoms with E-state index in [4.69, 9.17) is 5.73 Å². The van der Waals surface area contributed by atoms with Gasteiger partial charge in [0, 0.05) is 6.20 Å². The van der Waals surface area contributed by atoms with Crippen molar-refractivity contribution in [3.63, 3.8) is 0 Å². The minimum atomic E-state index is -0.497. The number of hydrogen-bond donors (Lipinski definition) is 2. The summed E-state index contributed by atoms with van der Waals surface area (Å²) in [6, 6.07) is 0. The van der Waals surface area contributed by atoms with Gasteiger partial charge in [-0.05, 0) is 6.92 Å². The summed E-state index contributed by atoms with van der Waals surface area (Å²) in [7, 11) is 0. The van der Waals surface area contributed by atoms with Gasteiger partial charge in [-0.1, -0.05) is 6.58 Å². The zero-order chi connectivity index (χ0) is 11.0. The van der Waals surface area contributed by atoms with Gasteiger partial charge in [0.15, 0.2) is 0 Å². The number of amides is 1. The summed E-state index contributed by atoms with van der Waals surface area (Å²) in [6.45, 7) is 4.97. The quantitative estimate of drug-likeness (QED) is 0.424. The Morgan fingerprint density at radius 1 is 1.64 bits per heavy atom. The number of esters is 1. The predicted molar refractivity (Wildman–Crippen MR) is 50.7 cm³/mol. The van der Waals surface area contributed by atoms with Gasteiger partial charge in [-0.25, -0.2) is 5.01 Å². The topological polar surface area (TPSA) is 84.7 Å². The highest BCUT2D eigenvalue weighted by Gasteiger charge is 2.14. The summed E-state index contributed by atoms with van der Waals surface area (Å²) in [5, 5.41) is 1.05. The molecule has 0 heterocycles. The molecule has 3 N–H and O–H groups in total. The van der Waals surface area contributed by atoms with Crippen molar-refractivity contribution >= 4 is 11.9 Å². The summed E-state index contributed by atoms with van der Waals surface area (Å²) >= 11 is 0. The second kappa shape index (κ2) is 6.90. The van der Waals surface area contributed by atoms with Crippen molar-refractivity contribution in [3.05, 3.63) is 12.8 Å². The van der Waals surface area contributed by atoms with E-state index in [-0.39, 0.29) is 19.7 Å². The molecule has 0 aliphatic rings. The predicted octanol–water partition coefficient (Wildman–Crippen LogP) is -1.02. The maximum absolute atomic E-state index is 11.1. The fourth-order valence-corrected chi connectivity index (χ4v) is 0.762. The SMILES string of the molecule is C=CNN(CC(=O)OCC)C(=O)CN. The molecule has 0 spiro atoms. The van der Waals surface area contributed by atoms with Gasteiger partial charge in [-0.15, -0.1) is 0 Å². The van der Waals surface area contributed by atoms with Gasteiger partial charge < -0.3 is 15.9 Å². The van der Waals surface area contributed by atoms with Gasteiger partial charge in [0.2, 0.25) is 0 Å². The molecule has 0 rings (SSSR count). The molecule has 0 aliphatic heterocycles. The lowest BCUT2D eigenvalue weighted by molar-refractivity contribution is -0.149. The lowest BCUT2D eigenvalue weighted by Crippen LogP contribution is -2.46. The lowest BCUT2D eigenvalue weighted by Gasteiger charge is -2.20. The van der Waals surface area contributed by atoms with Crippen LogP contribution in [-0.2, 0) is 14.3 Å². The molecule has 0 bridgehead atoms. The number of carbonyl (C=O) groups is 2. The van der Waals surface area contributed by atoms with Crippen molar-refractivity contribution in [1.82, 2.24) is 10.4 Å². The Kier molecular flexibility index (Phi) is 6.13. The molecule has 0 radical (unpaired) electrons. The number of carbonyl (C=O) groups excluding carboxylic acids is 2. The van der Waals surface area contributed by atoms with Gasteiger partial charge in [0.1, 0.15) is 6.54 Å². The monoisotopic (exact) mass is 201 g/mol. The highest BCUT2D eigenvalue weighted by molar-refractivity contribution is 5.82. The number of nitrogens with two attached hydrogens (primary N) is 1. The molecule has 0 aromatic heterocycles. The summed E-state index contributed by atoms with van der Waals surface area (Å²) in [5.74, 6) is -0.901. The van der Waals surface area contributed by atoms with Crippen molar-refractivity contribution in [2.45, 2.75) is 6.92 Å². The smallest absolute Gasteiger partial charge is 0.327 e. The molecule has 0 aromatic rings. The molecular weight excluding hydrogens is 186 g/mol. The highest BCUT2D eigenvalue weighted by atomic mass is 16.5. The summed E-state index contributed by atoms with van der Waals surface area (Å²) < 4.78 is 4.67. The van der Waals surface area contributed by atoms with E-state index in [1.807, 2.05) is 0 Å². The average molecular weight is 201 g/mol. The van der Waals surface area contributed by atoms with Crippen LogP contribution in [0.5, 0.6) is 0 Å². The first-order valence-corrected chi connectivity index (χ1v) is 4.18. The van der Waals surface area contributed by atoms with Gasteiger partial charge in [-0.2, -0.15) is 0 Å². The van der Waals surface area contributed by atoms with E-state index in [9.17, 15) is 9.59 Å². The van der Waals surface area contributed by atoms with E-state index in [1.165, 1.54) is 6.20 Å². The second-order valence-corrected chi connectivity index (χ2v) is 2.32. The van der Waals surface area contributed by atoms with Gasteiger partial charge >= 0.3 is 5.97 Å². The molecule has 0 unspecified atom stereocenters. The minimum absolute atomic E-state index is 0.180. The normalized spacial score (nSPS) is 9.00. The first kappa shape index (κ1) is 12.4. The average Bonchev–Trinajstić information content (AvgIpc) is 2.16. The number of hydrazine groups is 1. The van der Waals surface area contributed by atoms with Gasteiger partial charge in [-0.3, -0.25) is 9.59 Å². The van der Waals surface area contributed by atoms with E-state index >= 15 is 0 Å². The molecule has 6 nitrogen and oxygen atoms in total. The van der Waals surface area contributed by atoms with Gasteiger partial charge in [0.25, 0.3) is 5.91 Å². The fraction of sp³-hybridized carbons (Fsp3) is 0.500. The molecule has 1 amide bonds. The van der Waals surface area contributed by atoms with Crippen LogP contribution in [0, 0.1) is 0 Å². The minimum Gasteiger partial charge on any atom is -0.465 e. The maximum Gasteiger partial charge on any atom is 0.327 e. The number of nitrogens with zero attached hydrogens (tertiary/aromatic N) is 1. The van der Waals surface area contributed by atoms with Crippen LogP contribution < -0.4 is 11.2 Å². The third kappa shape index (κ3) is 4.46. The molecule has 0 saturated carbocycles. The van der Waals surface area contributed by atoms with Crippen LogP contribution in [0.15, 0.2) is 12.8 Å². The third-order valence-electron chi connectivity index (χ3n) is 1.32. The van der Waals surface area contributed by atoms with Crippen molar-refractivity contribution in [2.75, 3.05) is 19.7 Å². The van der Waals surface area contributed by atoms with Crippen LogP contribution in [0.3, 0.4) is 0 Å². The van der Waals surface area contributed by atoms with E-state index in [1.54, 1.807) is 6.92 Å². The molecular formula is C8H15N3O3. The number of rotatable bonds is 6. The molecule has 0 fully saturated rings. The highest BCUT2D eigenvalue weighted by Crippen LogP contribution is 1.87. The first-order valence-electron chi connectivity index (χ1n) is 4.18. The summed E-state index contributed by atoms with van der Waals surface area (Å²) in [4.78, 5) is 22.1. The van der Waals surface area contributed by atoms with Crippen LogP contribution >= 0.6 is 0 Å². The van der Waals surface area contributed by atoms with E-state index < -0.39 is 11.9 Å². The fourth-order valence-electron chi connectivity index (χ4n) is 0.762. The largest absolute Gasteiger partial charge is 0.465 e. The van der Waals surface area contributed by atoms with Crippen LogP contribution in [0.1, 0.15) is 6.92 Å². The van der Waals surface area contributed by atoms with E-state index in [2.05, 4.69) is 16.7 Å². The standard InChI is InChI=1S/C8H15N3O3/c1-3-10-11(7(12)5-9)6-8(13)14-4-2/h3,10H,1,4-6,9H2,2H3. The Labute approximate surface area is 82.7 Å². The Bertz CT molecular complexity index is 218. The maximum atomic E-state index is 11.1. The van der Waals surface area contributed by atoms with Crippen LogP contribution in [-0.4, -0.2) is 36.6 Å². The third-order valence-corrected chi connectivity index (χ3v) is 1.32. The van der Waals surface area contributed by atoms with Crippen molar-refractivity contribution in [2.24, 2.45) is 5.73 Å². The molecule has 0 atom stereocenters. The zero-order valence-electron chi connectivity index (χ0n) is 8.16. The Morgan fingerprint density at radius 3 is 2.71 bits per heavy atom. The molecule has 0 aromatic carbocycles. The molecule has 14 heavy (non-hydrogen) atoms. The number of nitrogens with one attached hydrogen (secondary N) is 1. The summed E-state index contributed by atoms with van der Waals surface area (Å²) in [5.41, 5.74) is 7.62. The molecule has 80 valence electrons.